The fourth-order valence-electron chi connectivity index (χ4n) is 2.93. The minimum absolute atomic E-state index is 0.205. The number of hydrogen-bond donors (Lipinski definition) is 0. The first-order valence-electron chi connectivity index (χ1n) is 7.48. The van der Waals surface area contributed by atoms with E-state index in [4.69, 9.17) is 4.98 Å². The zero-order chi connectivity index (χ0) is 14.9. The van der Waals surface area contributed by atoms with Gasteiger partial charge in [0.05, 0.1) is 11.8 Å². The highest BCUT2D eigenvalue weighted by Gasteiger charge is 2.24. The van der Waals surface area contributed by atoms with Gasteiger partial charge in [0.25, 0.3) is 0 Å². The number of nitrogens with zero attached hydrogens (tertiary/aromatic N) is 3. The van der Waals surface area contributed by atoms with E-state index in [-0.39, 0.29) is 5.82 Å². The average molecular weight is 313 g/mol. The second-order valence-electron chi connectivity index (χ2n) is 5.53. The predicted molar refractivity (Wildman–Crippen MR) is 87.5 cm³/mol. The molecule has 0 N–H and O–H groups in total. The predicted octanol–water partition coefficient (Wildman–Crippen LogP) is 4.19. The highest BCUT2D eigenvalue weighted by Crippen LogP contribution is 2.40. The Kier molecular flexibility index (Phi) is 3.58. The summed E-state index contributed by atoms with van der Waals surface area (Å²) in [5, 5.41) is 0.439. The molecule has 5 heteroatoms. The monoisotopic (exact) mass is 313 g/mol. The molecule has 0 bridgehead atoms. The Labute approximate surface area is 132 Å². The molecule has 0 aliphatic carbocycles. The fourth-order valence-corrected chi connectivity index (χ4v) is 4.21. The molecule has 1 aromatic carbocycles. The van der Waals surface area contributed by atoms with Gasteiger partial charge in [-0.1, -0.05) is 12.1 Å². The SMILES string of the molecule is Fc1ccc(Cn2c(C3CCCS3)nc3cccnc32)cc1. The number of fused-ring (bicyclic) bond motifs is 1. The number of imidazole rings is 1. The van der Waals surface area contributed by atoms with E-state index in [1.807, 2.05) is 36.0 Å². The summed E-state index contributed by atoms with van der Waals surface area (Å²) in [7, 11) is 0. The van der Waals surface area contributed by atoms with Gasteiger partial charge in [-0.2, -0.15) is 11.8 Å². The Morgan fingerprint density at radius 3 is 2.86 bits per heavy atom. The number of rotatable bonds is 3. The number of aromatic nitrogens is 3. The molecule has 3 heterocycles. The van der Waals surface area contributed by atoms with Crippen LogP contribution in [0.5, 0.6) is 0 Å². The fraction of sp³-hybridized carbons (Fsp3) is 0.294. The maximum Gasteiger partial charge on any atom is 0.160 e. The maximum atomic E-state index is 13.1. The number of hydrogen-bond acceptors (Lipinski definition) is 3. The van der Waals surface area contributed by atoms with E-state index in [1.54, 1.807) is 6.20 Å². The van der Waals surface area contributed by atoms with Crippen LogP contribution in [-0.2, 0) is 6.54 Å². The lowest BCUT2D eigenvalue weighted by atomic mass is 10.2. The molecule has 0 amide bonds. The molecular weight excluding hydrogens is 297 g/mol. The molecule has 1 aliphatic heterocycles. The highest BCUT2D eigenvalue weighted by molar-refractivity contribution is 7.99. The van der Waals surface area contributed by atoms with Crippen molar-refractivity contribution in [3.63, 3.8) is 0 Å². The molecule has 1 aliphatic rings. The third-order valence-corrected chi connectivity index (χ3v) is 5.38. The zero-order valence-electron chi connectivity index (χ0n) is 12.1. The van der Waals surface area contributed by atoms with Crippen molar-refractivity contribution in [2.75, 3.05) is 5.75 Å². The van der Waals surface area contributed by atoms with Gasteiger partial charge >= 0.3 is 0 Å². The van der Waals surface area contributed by atoms with Crippen LogP contribution in [0, 0.1) is 5.82 Å². The Morgan fingerprint density at radius 2 is 2.09 bits per heavy atom. The van der Waals surface area contributed by atoms with Crippen LogP contribution >= 0.6 is 11.8 Å². The van der Waals surface area contributed by atoms with Crippen molar-refractivity contribution in [2.45, 2.75) is 24.6 Å². The van der Waals surface area contributed by atoms with Gasteiger partial charge in [-0.25, -0.2) is 14.4 Å². The largest absolute Gasteiger partial charge is 0.307 e. The van der Waals surface area contributed by atoms with E-state index < -0.39 is 0 Å². The van der Waals surface area contributed by atoms with E-state index in [1.165, 1.54) is 24.3 Å². The van der Waals surface area contributed by atoms with Crippen LogP contribution < -0.4 is 0 Å². The first kappa shape index (κ1) is 13.8. The molecule has 0 radical (unpaired) electrons. The number of benzene rings is 1. The molecule has 22 heavy (non-hydrogen) atoms. The standard InChI is InChI=1S/C17H16FN3S/c18-13-7-5-12(6-8-13)11-21-16-14(3-1-9-19-16)20-17(21)15-4-2-10-22-15/h1,3,5-9,15H,2,4,10-11H2. The molecule has 1 atom stereocenters. The van der Waals surface area contributed by atoms with Gasteiger partial charge in [-0.15, -0.1) is 0 Å². The minimum Gasteiger partial charge on any atom is -0.307 e. The Hall–Kier alpha value is -1.88. The maximum absolute atomic E-state index is 13.1. The van der Waals surface area contributed by atoms with Crippen molar-refractivity contribution in [1.82, 2.24) is 14.5 Å². The summed E-state index contributed by atoms with van der Waals surface area (Å²) in [5.74, 6) is 2.09. The lowest BCUT2D eigenvalue weighted by Crippen LogP contribution is -2.07. The summed E-state index contributed by atoms with van der Waals surface area (Å²) >= 11 is 1.97. The van der Waals surface area contributed by atoms with Crippen molar-refractivity contribution in [3.05, 3.63) is 59.8 Å². The van der Waals surface area contributed by atoms with E-state index >= 15 is 0 Å². The van der Waals surface area contributed by atoms with Gasteiger partial charge in [0, 0.05) is 6.20 Å². The number of pyridine rings is 1. The van der Waals surface area contributed by atoms with Crippen molar-refractivity contribution in [2.24, 2.45) is 0 Å². The second kappa shape index (κ2) is 5.72. The van der Waals surface area contributed by atoms with E-state index in [2.05, 4.69) is 9.55 Å². The smallest absolute Gasteiger partial charge is 0.160 e. The van der Waals surface area contributed by atoms with Gasteiger partial charge in [-0.3, -0.25) is 0 Å². The van der Waals surface area contributed by atoms with Gasteiger partial charge in [0.15, 0.2) is 5.65 Å². The first-order chi connectivity index (χ1) is 10.8. The molecule has 112 valence electrons. The Bertz CT molecular complexity index is 791. The summed E-state index contributed by atoms with van der Waals surface area (Å²) in [4.78, 5) is 9.32. The van der Waals surface area contributed by atoms with Crippen LogP contribution in [0.4, 0.5) is 4.39 Å². The Morgan fingerprint density at radius 1 is 1.23 bits per heavy atom. The van der Waals surface area contributed by atoms with Crippen LogP contribution in [0.25, 0.3) is 11.2 Å². The summed E-state index contributed by atoms with van der Waals surface area (Å²) in [6.45, 7) is 0.681. The summed E-state index contributed by atoms with van der Waals surface area (Å²) in [6.07, 6.45) is 4.21. The molecule has 1 saturated heterocycles. The molecule has 1 unspecified atom stereocenters. The third-order valence-electron chi connectivity index (χ3n) is 4.00. The van der Waals surface area contributed by atoms with E-state index in [0.717, 1.165) is 29.0 Å². The van der Waals surface area contributed by atoms with Gasteiger partial charge < -0.3 is 4.57 Å². The number of thioether (sulfide) groups is 1. The van der Waals surface area contributed by atoms with E-state index in [9.17, 15) is 4.39 Å². The topological polar surface area (TPSA) is 30.7 Å². The molecule has 2 aromatic heterocycles. The van der Waals surface area contributed by atoms with Crippen molar-refractivity contribution < 1.29 is 4.39 Å². The molecule has 0 spiro atoms. The van der Waals surface area contributed by atoms with Crippen molar-refractivity contribution in [1.29, 1.82) is 0 Å². The van der Waals surface area contributed by atoms with Crippen LogP contribution in [0.3, 0.4) is 0 Å². The molecule has 3 nitrogen and oxygen atoms in total. The van der Waals surface area contributed by atoms with Crippen molar-refractivity contribution >= 4 is 22.9 Å². The molecule has 0 saturated carbocycles. The molecule has 4 rings (SSSR count). The number of halogens is 1. The zero-order valence-corrected chi connectivity index (χ0v) is 12.9. The van der Waals surface area contributed by atoms with Gasteiger partial charge in [0.1, 0.15) is 17.2 Å². The molecule has 1 fully saturated rings. The van der Waals surface area contributed by atoms with Gasteiger partial charge in [0.2, 0.25) is 0 Å². The molecule has 3 aromatic rings. The average Bonchev–Trinajstić information content (AvgIpc) is 3.18. The van der Waals surface area contributed by atoms with Crippen LogP contribution in [-0.4, -0.2) is 20.3 Å². The third kappa shape index (κ3) is 2.50. The van der Waals surface area contributed by atoms with Crippen molar-refractivity contribution in [3.8, 4) is 0 Å². The second-order valence-corrected chi connectivity index (χ2v) is 6.84. The summed E-state index contributed by atoms with van der Waals surface area (Å²) in [5.41, 5.74) is 2.91. The lowest BCUT2D eigenvalue weighted by molar-refractivity contribution is 0.625. The minimum atomic E-state index is -0.205. The quantitative estimate of drug-likeness (QED) is 0.726. The normalized spacial score (nSPS) is 18.1. The highest BCUT2D eigenvalue weighted by atomic mass is 32.2. The molecular formula is C17H16FN3S. The summed E-state index contributed by atoms with van der Waals surface area (Å²) < 4.78 is 15.3. The Balaban J connectivity index is 1.79. The van der Waals surface area contributed by atoms with Crippen LogP contribution in [0.15, 0.2) is 42.6 Å². The van der Waals surface area contributed by atoms with Crippen LogP contribution in [0.1, 0.15) is 29.5 Å². The van der Waals surface area contributed by atoms with Gasteiger partial charge in [-0.05, 0) is 48.4 Å². The summed E-state index contributed by atoms with van der Waals surface area (Å²) in [6, 6.07) is 10.6. The van der Waals surface area contributed by atoms with Crippen LogP contribution in [0.2, 0.25) is 0 Å². The van der Waals surface area contributed by atoms with E-state index in [0.29, 0.717) is 11.8 Å². The lowest BCUT2D eigenvalue weighted by Gasteiger charge is -2.12. The first-order valence-corrected chi connectivity index (χ1v) is 8.53.